The molecule has 0 N–H and O–H groups in total. The molecule has 0 aromatic heterocycles. The third-order valence-electron chi connectivity index (χ3n) is 2.37. The summed E-state index contributed by atoms with van der Waals surface area (Å²) >= 11 is 0. The van der Waals surface area contributed by atoms with Crippen molar-refractivity contribution in [3.8, 4) is 0 Å². The number of esters is 1. The first kappa shape index (κ1) is 13.9. The molecule has 86 valence electrons. The van der Waals surface area contributed by atoms with Gasteiger partial charge in [-0.2, -0.15) is 0 Å². The van der Waals surface area contributed by atoms with Gasteiger partial charge in [-0.3, -0.25) is 4.79 Å². The van der Waals surface area contributed by atoms with Gasteiger partial charge in [0.05, 0.1) is 6.61 Å². The molecule has 0 heterocycles. The Kier molecular flexibility index (Phi) is 7.69. The highest BCUT2D eigenvalue weighted by Gasteiger charge is 2.06. The molecule has 15 heavy (non-hydrogen) atoms. The predicted molar refractivity (Wildman–Crippen MR) is 63.6 cm³/mol. The molecule has 0 saturated heterocycles. The molecule has 0 aliphatic heterocycles. The number of ether oxygens (including phenoxy) is 1. The minimum Gasteiger partial charge on any atom is -0.465 e. The summed E-state index contributed by atoms with van der Waals surface area (Å²) in [6.45, 7) is 8.46. The average molecular weight is 210 g/mol. The quantitative estimate of drug-likeness (QED) is 0.495. The summed E-state index contributed by atoms with van der Waals surface area (Å²) in [6, 6.07) is 0. The van der Waals surface area contributed by atoms with Crippen LogP contribution in [0.1, 0.15) is 40.5 Å². The van der Waals surface area contributed by atoms with Crippen LogP contribution in [-0.2, 0) is 9.53 Å². The largest absolute Gasteiger partial charge is 0.465 e. The van der Waals surface area contributed by atoms with Crippen LogP contribution in [0.5, 0.6) is 0 Å². The molecular weight excluding hydrogens is 188 g/mol. The van der Waals surface area contributed by atoms with Crippen LogP contribution in [-0.4, -0.2) is 12.6 Å². The Hall–Kier alpha value is -1.05. The molecule has 0 radical (unpaired) electrons. The fourth-order valence-electron chi connectivity index (χ4n) is 1.04. The third-order valence-corrected chi connectivity index (χ3v) is 2.37. The lowest BCUT2D eigenvalue weighted by Crippen LogP contribution is -2.11. The van der Waals surface area contributed by atoms with E-state index in [0.29, 0.717) is 18.9 Å². The maximum Gasteiger partial charge on any atom is 0.305 e. The average Bonchev–Trinajstić information content (AvgIpc) is 2.25. The lowest BCUT2D eigenvalue weighted by Gasteiger charge is -2.12. The van der Waals surface area contributed by atoms with Gasteiger partial charge in [-0.1, -0.05) is 37.6 Å². The standard InChI is InChI=1S/C13H22O2/c1-5-7-8-9-11(3)12(4)10-15-13(14)6-2/h5,7,9,12H,6,8,10H2,1-4H3/b7-5+,11-9+. The number of allylic oxidation sites excluding steroid dienone is 3. The predicted octanol–water partition coefficient (Wildman–Crippen LogP) is 3.49. The van der Waals surface area contributed by atoms with Gasteiger partial charge in [-0.05, 0) is 20.3 Å². The van der Waals surface area contributed by atoms with Crippen LogP contribution >= 0.6 is 0 Å². The summed E-state index contributed by atoms with van der Waals surface area (Å²) < 4.78 is 5.08. The smallest absolute Gasteiger partial charge is 0.305 e. The monoisotopic (exact) mass is 210 g/mol. The zero-order chi connectivity index (χ0) is 11.7. The lowest BCUT2D eigenvalue weighted by atomic mass is 10.0. The molecular formula is C13H22O2. The van der Waals surface area contributed by atoms with Crippen LogP contribution < -0.4 is 0 Å². The third kappa shape index (κ3) is 6.95. The van der Waals surface area contributed by atoms with Crippen molar-refractivity contribution in [1.29, 1.82) is 0 Å². The Morgan fingerprint density at radius 2 is 2.13 bits per heavy atom. The highest BCUT2D eigenvalue weighted by atomic mass is 16.5. The molecule has 0 amide bonds. The molecule has 0 spiro atoms. The van der Waals surface area contributed by atoms with Crippen LogP contribution in [0.15, 0.2) is 23.8 Å². The van der Waals surface area contributed by atoms with Crippen molar-refractivity contribution in [2.75, 3.05) is 6.61 Å². The molecule has 2 nitrogen and oxygen atoms in total. The van der Waals surface area contributed by atoms with Crippen LogP contribution in [0.3, 0.4) is 0 Å². The van der Waals surface area contributed by atoms with Crippen molar-refractivity contribution in [3.63, 3.8) is 0 Å². The fourth-order valence-corrected chi connectivity index (χ4v) is 1.04. The Labute approximate surface area is 93.0 Å². The summed E-state index contributed by atoms with van der Waals surface area (Å²) in [5.74, 6) is 0.189. The fraction of sp³-hybridized carbons (Fsp3) is 0.615. The van der Waals surface area contributed by atoms with Gasteiger partial charge >= 0.3 is 5.97 Å². The van der Waals surface area contributed by atoms with Gasteiger partial charge in [0.1, 0.15) is 0 Å². The molecule has 0 aliphatic rings. The SMILES string of the molecule is C/C=C/C/C=C(\C)C(C)COC(=O)CC. The molecule has 0 aromatic rings. The van der Waals surface area contributed by atoms with E-state index in [9.17, 15) is 4.79 Å². The van der Waals surface area contributed by atoms with Crippen molar-refractivity contribution in [2.45, 2.75) is 40.5 Å². The highest BCUT2D eigenvalue weighted by molar-refractivity contribution is 5.68. The summed E-state index contributed by atoms with van der Waals surface area (Å²) in [6.07, 6.45) is 7.72. The maximum atomic E-state index is 10.9. The van der Waals surface area contributed by atoms with E-state index >= 15 is 0 Å². The van der Waals surface area contributed by atoms with E-state index in [2.05, 4.69) is 26.0 Å². The van der Waals surface area contributed by atoms with E-state index < -0.39 is 0 Å². The van der Waals surface area contributed by atoms with E-state index in [1.165, 1.54) is 5.57 Å². The maximum absolute atomic E-state index is 10.9. The minimum absolute atomic E-state index is 0.122. The van der Waals surface area contributed by atoms with Crippen LogP contribution in [0.25, 0.3) is 0 Å². The van der Waals surface area contributed by atoms with E-state index in [1.807, 2.05) is 19.9 Å². The number of hydrogen-bond donors (Lipinski definition) is 0. The van der Waals surface area contributed by atoms with Crippen molar-refractivity contribution in [1.82, 2.24) is 0 Å². The number of hydrogen-bond acceptors (Lipinski definition) is 2. The second kappa shape index (κ2) is 8.27. The molecule has 0 aromatic carbocycles. The van der Waals surface area contributed by atoms with Crippen molar-refractivity contribution in [2.24, 2.45) is 5.92 Å². The first-order chi connectivity index (χ1) is 7.11. The van der Waals surface area contributed by atoms with Gasteiger partial charge in [0.15, 0.2) is 0 Å². The lowest BCUT2D eigenvalue weighted by molar-refractivity contribution is -0.144. The normalized spacial score (nSPS) is 14.3. The van der Waals surface area contributed by atoms with E-state index in [4.69, 9.17) is 4.74 Å². The van der Waals surface area contributed by atoms with Crippen molar-refractivity contribution in [3.05, 3.63) is 23.8 Å². The van der Waals surface area contributed by atoms with Gasteiger partial charge in [0.2, 0.25) is 0 Å². The molecule has 0 fully saturated rings. The van der Waals surface area contributed by atoms with Crippen LogP contribution in [0, 0.1) is 5.92 Å². The van der Waals surface area contributed by atoms with E-state index in [-0.39, 0.29) is 5.97 Å². The van der Waals surface area contributed by atoms with Crippen LogP contribution in [0.2, 0.25) is 0 Å². The zero-order valence-corrected chi connectivity index (χ0v) is 10.2. The van der Waals surface area contributed by atoms with E-state index in [0.717, 1.165) is 6.42 Å². The number of carbonyl (C=O) groups excluding carboxylic acids is 1. The zero-order valence-electron chi connectivity index (χ0n) is 10.2. The Morgan fingerprint density at radius 1 is 1.47 bits per heavy atom. The molecule has 0 aliphatic carbocycles. The second-order valence-corrected chi connectivity index (χ2v) is 3.69. The topological polar surface area (TPSA) is 26.3 Å². The Balaban J connectivity index is 3.92. The molecule has 0 saturated carbocycles. The molecule has 2 heteroatoms. The summed E-state index contributed by atoms with van der Waals surface area (Å²) in [4.78, 5) is 10.9. The summed E-state index contributed by atoms with van der Waals surface area (Å²) in [7, 11) is 0. The first-order valence-corrected chi connectivity index (χ1v) is 5.55. The van der Waals surface area contributed by atoms with E-state index in [1.54, 1.807) is 0 Å². The first-order valence-electron chi connectivity index (χ1n) is 5.55. The van der Waals surface area contributed by atoms with Gasteiger partial charge in [0.25, 0.3) is 0 Å². The Bertz CT molecular complexity index is 239. The van der Waals surface area contributed by atoms with Gasteiger partial charge in [-0.25, -0.2) is 0 Å². The number of carbonyl (C=O) groups is 1. The Morgan fingerprint density at radius 3 is 2.67 bits per heavy atom. The van der Waals surface area contributed by atoms with Crippen molar-refractivity contribution >= 4 is 5.97 Å². The second-order valence-electron chi connectivity index (χ2n) is 3.69. The number of rotatable bonds is 6. The van der Waals surface area contributed by atoms with Crippen molar-refractivity contribution < 1.29 is 9.53 Å². The van der Waals surface area contributed by atoms with Gasteiger partial charge in [0, 0.05) is 12.3 Å². The summed E-state index contributed by atoms with van der Waals surface area (Å²) in [5, 5.41) is 0. The molecule has 0 rings (SSSR count). The summed E-state index contributed by atoms with van der Waals surface area (Å²) in [5.41, 5.74) is 1.28. The van der Waals surface area contributed by atoms with Gasteiger partial charge < -0.3 is 4.74 Å². The van der Waals surface area contributed by atoms with Gasteiger partial charge in [-0.15, -0.1) is 0 Å². The van der Waals surface area contributed by atoms with Crippen LogP contribution in [0.4, 0.5) is 0 Å². The minimum atomic E-state index is -0.122. The molecule has 1 unspecified atom stereocenters. The highest BCUT2D eigenvalue weighted by Crippen LogP contribution is 2.11. The molecule has 0 bridgehead atoms. The molecule has 1 atom stereocenters.